The molecule has 1 aliphatic carbocycles. The van der Waals surface area contributed by atoms with Gasteiger partial charge in [0.05, 0.1) is 25.5 Å². The van der Waals surface area contributed by atoms with Crippen LogP contribution in [0.4, 0.5) is 5.82 Å². The van der Waals surface area contributed by atoms with Gasteiger partial charge in [-0.25, -0.2) is 0 Å². The van der Waals surface area contributed by atoms with Gasteiger partial charge >= 0.3 is 0 Å². The maximum absolute atomic E-state index is 12.9. The third-order valence-corrected chi connectivity index (χ3v) is 5.23. The third-order valence-electron chi connectivity index (χ3n) is 4.53. The Labute approximate surface area is 165 Å². The maximum Gasteiger partial charge on any atom is 0.199 e. The van der Waals surface area contributed by atoms with E-state index in [1.807, 2.05) is 0 Å². The number of nitrogens with zero attached hydrogens (tertiary/aromatic N) is 1. The molecule has 1 heterocycles. The van der Waals surface area contributed by atoms with E-state index in [0.717, 1.165) is 11.1 Å². The van der Waals surface area contributed by atoms with Crippen LogP contribution in [-0.2, 0) is 6.54 Å². The number of halogens is 2. The summed E-state index contributed by atoms with van der Waals surface area (Å²) in [7, 11) is 3.08. The van der Waals surface area contributed by atoms with E-state index in [-0.39, 0.29) is 5.78 Å². The van der Waals surface area contributed by atoms with Gasteiger partial charge in [0.1, 0.15) is 0 Å². The molecule has 0 amide bonds. The van der Waals surface area contributed by atoms with Crippen molar-refractivity contribution in [1.82, 2.24) is 10.2 Å². The van der Waals surface area contributed by atoms with Crippen LogP contribution >= 0.6 is 23.2 Å². The molecule has 4 rings (SSSR count). The van der Waals surface area contributed by atoms with Crippen molar-refractivity contribution in [2.45, 2.75) is 6.54 Å². The fourth-order valence-electron chi connectivity index (χ4n) is 3.17. The van der Waals surface area contributed by atoms with Crippen molar-refractivity contribution < 1.29 is 14.3 Å². The Morgan fingerprint density at radius 2 is 1.70 bits per heavy atom. The second-order valence-electron chi connectivity index (χ2n) is 5.96. The summed E-state index contributed by atoms with van der Waals surface area (Å²) in [6.45, 7) is 0.339. The average molecular weight is 404 g/mol. The van der Waals surface area contributed by atoms with Gasteiger partial charge in [-0.15, -0.1) is 0 Å². The molecule has 1 aliphatic rings. The number of carbonyl (C=O) groups excluding carboxylic acids is 1. The first kappa shape index (κ1) is 17.7. The minimum absolute atomic E-state index is 0.137. The fraction of sp³-hybridized carbons (Fsp3) is 0.158. The zero-order valence-corrected chi connectivity index (χ0v) is 16.0. The predicted molar refractivity (Wildman–Crippen MR) is 104 cm³/mol. The number of aromatic amines is 1. The summed E-state index contributed by atoms with van der Waals surface area (Å²) in [5.74, 6) is 1.35. The van der Waals surface area contributed by atoms with Crippen LogP contribution < -0.4 is 14.8 Å². The van der Waals surface area contributed by atoms with Gasteiger partial charge in [0.25, 0.3) is 0 Å². The summed E-state index contributed by atoms with van der Waals surface area (Å²) in [6, 6.07) is 8.75. The molecule has 0 atom stereocenters. The second-order valence-corrected chi connectivity index (χ2v) is 6.77. The first-order chi connectivity index (χ1) is 13.0. The molecule has 0 fully saturated rings. The Kier molecular flexibility index (Phi) is 4.45. The Bertz CT molecular complexity index is 1040. The summed E-state index contributed by atoms with van der Waals surface area (Å²) >= 11 is 12.4. The lowest BCUT2D eigenvalue weighted by atomic mass is 10.1. The van der Waals surface area contributed by atoms with E-state index in [4.69, 9.17) is 32.7 Å². The van der Waals surface area contributed by atoms with Crippen molar-refractivity contribution >= 4 is 34.8 Å². The molecule has 2 N–H and O–H groups in total. The van der Waals surface area contributed by atoms with Crippen LogP contribution in [0.2, 0.25) is 10.0 Å². The predicted octanol–water partition coefficient (Wildman–Crippen LogP) is 4.56. The van der Waals surface area contributed by atoms with E-state index in [9.17, 15) is 4.79 Å². The maximum atomic E-state index is 12.9. The Morgan fingerprint density at radius 1 is 1.07 bits per heavy atom. The van der Waals surface area contributed by atoms with Gasteiger partial charge in [0.15, 0.2) is 23.1 Å². The molecule has 1 aromatic heterocycles. The van der Waals surface area contributed by atoms with Crippen LogP contribution in [0.25, 0.3) is 11.3 Å². The number of fused-ring (bicyclic) bond motifs is 3. The smallest absolute Gasteiger partial charge is 0.199 e. The molecule has 8 heteroatoms. The minimum atomic E-state index is -0.137. The lowest BCUT2D eigenvalue weighted by molar-refractivity contribution is 0.104. The molecule has 2 aromatic carbocycles. The van der Waals surface area contributed by atoms with Gasteiger partial charge in [-0.05, 0) is 24.3 Å². The molecule has 0 spiro atoms. The van der Waals surface area contributed by atoms with Crippen LogP contribution in [0.5, 0.6) is 11.5 Å². The summed E-state index contributed by atoms with van der Waals surface area (Å²) in [4.78, 5) is 12.9. The third kappa shape index (κ3) is 2.81. The molecule has 3 aromatic rings. The number of methoxy groups -OCH3 is 2. The number of anilines is 1. The highest BCUT2D eigenvalue weighted by Crippen LogP contribution is 2.44. The van der Waals surface area contributed by atoms with Gasteiger partial charge < -0.3 is 14.8 Å². The Balaban J connectivity index is 1.69. The Morgan fingerprint density at radius 3 is 2.33 bits per heavy atom. The van der Waals surface area contributed by atoms with E-state index < -0.39 is 0 Å². The summed E-state index contributed by atoms with van der Waals surface area (Å²) in [5.41, 5.74) is 3.12. The molecule has 0 aliphatic heterocycles. The zero-order valence-electron chi connectivity index (χ0n) is 14.5. The van der Waals surface area contributed by atoms with E-state index in [0.29, 0.717) is 50.7 Å². The highest BCUT2D eigenvalue weighted by atomic mass is 35.5. The number of ether oxygens (including phenoxy) is 2. The van der Waals surface area contributed by atoms with Crippen LogP contribution in [0, 0.1) is 0 Å². The van der Waals surface area contributed by atoms with E-state index in [2.05, 4.69) is 15.5 Å². The number of hydrogen-bond donors (Lipinski definition) is 2. The summed E-state index contributed by atoms with van der Waals surface area (Å²) in [6.07, 6.45) is 0. The number of hydrogen-bond acceptors (Lipinski definition) is 5. The van der Waals surface area contributed by atoms with Gasteiger partial charge in [0, 0.05) is 33.3 Å². The SMILES string of the molecule is COc1cc2c(cc1OC)-c1[nH]nc(NCc3c(Cl)cccc3Cl)c1C2=O. The first-order valence-corrected chi connectivity index (χ1v) is 8.87. The molecule has 0 bridgehead atoms. The topological polar surface area (TPSA) is 76.2 Å². The number of carbonyl (C=O) groups is 1. The highest BCUT2D eigenvalue weighted by Gasteiger charge is 2.34. The standard InChI is InChI=1S/C19H15Cl2N3O3/c1-26-14-6-9-10(7-15(14)27-2)18(25)16-17(9)23-24-19(16)22-8-11-12(20)4-3-5-13(11)21/h3-7H,8H2,1-2H3,(H2,22,23,24). The molecule has 0 saturated carbocycles. The number of aromatic nitrogens is 2. The lowest BCUT2D eigenvalue weighted by Crippen LogP contribution is -2.06. The fourth-order valence-corrected chi connectivity index (χ4v) is 3.70. The van der Waals surface area contributed by atoms with Crippen molar-refractivity contribution in [3.05, 3.63) is 57.1 Å². The van der Waals surface area contributed by atoms with Gasteiger partial charge in [0.2, 0.25) is 0 Å². The zero-order chi connectivity index (χ0) is 19.1. The molecule has 138 valence electrons. The number of benzene rings is 2. The van der Waals surface area contributed by atoms with Crippen molar-refractivity contribution in [3.8, 4) is 22.8 Å². The minimum Gasteiger partial charge on any atom is -0.493 e. The molecule has 0 unspecified atom stereocenters. The number of rotatable bonds is 5. The Hall–Kier alpha value is -2.70. The van der Waals surface area contributed by atoms with E-state index in [1.165, 1.54) is 7.11 Å². The monoisotopic (exact) mass is 403 g/mol. The van der Waals surface area contributed by atoms with Crippen LogP contribution in [-0.4, -0.2) is 30.2 Å². The van der Waals surface area contributed by atoms with Crippen LogP contribution in [0.15, 0.2) is 30.3 Å². The summed E-state index contributed by atoms with van der Waals surface area (Å²) in [5, 5.41) is 11.4. The van der Waals surface area contributed by atoms with Crippen molar-refractivity contribution in [3.63, 3.8) is 0 Å². The molecule has 0 radical (unpaired) electrons. The van der Waals surface area contributed by atoms with E-state index >= 15 is 0 Å². The van der Waals surface area contributed by atoms with Crippen molar-refractivity contribution in [2.24, 2.45) is 0 Å². The van der Waals surface area contributed by atoms with Gasteiger partial charge in [-0.3, -0.25) is 9.89 Å². The van der Waals surface area contributed by atoms with Crippen molar-refractivity contribution in [1.29, 1.82) is 0 Å². The van der Waals surface area contributed by atoms with Crippen LogP contribution in [0.1, 0.15) is 21.5 Å². The summed E-state index contributed by atoms with van der Waals surface area (Å²) < 4.78 is 10.6. The molecule has 27 heavy (non-hydrogen) atoms. The van der Waals surface area contributed by atoms with Crippen molar-refractivity contribution in [2.75, 3.05) is 19.5 Å². The molecular formula is C19H15Cl2N3O3. The number of nitrogens with one attached hydrogen (secondary N) is 2. The highest BCUT2D eigenvalue weighted by molar-refractivity contribution is 6.36. The largest absolute Gasteiger partial charge is 0.493 e. The molecule has 6 nitrogen and oxygen atoms in total. The first-order valence-electron chi connectivity index (χ1n) is 8.11. The van der Waals surface area contributed by atoms with Crippen LogP contribution in [0.3, 0.4) is 0 Å². The lowest BCUT2D eigenvalue weighted by Gasteiger charge is -2.10. The van der Waals surface area contributed by atoms with Gasteiger partial charge in [-0.2, -0.15) is 5.10 Å². The second kappa shape index (κ2) is 6.79. The number of H-pyrrole nitrogens is 1. The van der Waals surface area contributed by atoms with Gasteiger partial charge in [-0.1, -0.05) is 29.3 Å². The normalized spacial score (nSPS) is 11.9. The molecular weight excluding hydrogens is 389 g/mol. The molecule has 0 saturated heterocycles. The average Bonchev–Trinajstić information content (AvgIpc) is 3.20. The van der Waals surface area contributed by atoms with E-state index in [1.54, 1.807) is 37.4 Å². The number of ketones is 1. The quantitative estimate of drug-likeness (QED) is 0.510.